The van der Waals surface area contributed by atoms with Crippen LogP contribution in [0.4, 0.5) is 10.5 Å². The third kappa shape index (κ3) is 6.20. The quantitative estimate of drug-likeness (QED) is 0.810. The van der Waals surface area contributed by atoms with Gasteiger partial charge in [0, 0.05) is 44.4 Å². The van der Waals surface area contributed by atoms with Crippen LogP contribution in [0.15, 0.2) is 24.3 Å². The van der Waals surface area contributed by atoms with Gasteiger partial charge >= 0.3 is 6.03 Å². The van der Waals surface area contributed by atoms with Gasteiger partial charge in [-0.05, 0) is 63.1 Å². The molecule has 3 amide bonds. The summed E-state index contributed by atoms with van der Waals surface area (Å²) in [5.41, 5.74) is 1.93. The highest BCUT2D eigenvalue weighted by atomic mass is 16.5. The SMILES string of the molecule is CCCOC1CCCN(C(=O)C2CCN(C(=O)Nc3cccc(C)c3)CC2)CC1. The Morgan fingerprint density at radius 1 is 1.07 bits per heavy atom. The predicted octanol–water partition coefficient (Wildman–Crippen LogP) is 4.05. The van der Waals surface area contributed by atoms with Gasteiger partial charge in [0.05, 0.1) is 6.10 Å². The fourth-order valence-corrected chi connectivity index (χ4v) is 4.25. The summed E-state index contributed by atoms with van der Waals surface area (Å²) in [6.07, 6.45) is 5.80. The van der Waals surface area contributed by atoms with E-state index in [1.165, 1.54) is 0 Å². The number of hydrogen-bond donors (Lipinski definition) is 1. The van der Waals surface area contributed by atoms with Gasteiger partial charge in [0.15, 0.2) is 0 Å². The van der Waals surface area contributed by atoms with E-state index in [0.29, 0.717) is 19.2 Å². The lowest BCUT2D eigenvalue weighted by Crippen LogP contribution is -2.46. The number of carbonyl (C=O) groups is 2. The molecule has 160 valence electrons. The molecule has 0 spiro atoms. The first kappa shape index (κ1) is 21.6. The van der Waals surface area contributed by atoms with Gasteiger partial charge in [-0.25, -0.2) is 4.79 Å². The molecule has 0 aromatic heterocycles. The number of carbonyl (C=O) groups excluding carboxylic acids is 2. The number of ether oxygens (including phenoxy) is 1. The van der Waals surface area contributed by atoms with Crippen LogP contribution in [0.2, 0.25) is 0 Å². The summed E-state index contributed by atoms with van der Waals surface area (Å²) < 4.78 is 5.89. The summed E-state index contributed by atoms with van der Waals surface area (Å²) >= 11 is 0. The van der Waals surface area contributed by atoms with Gasteiger partial charge in [0.2, 0.25) is 5.91 Å². The fraction of sp³-hybridized carbons (Fsp3) is 0.652. The molecule has 0 saturated carbocycles. The first-order valence-electron chi connectivity index (χ1n) is 11.1. The van der Waals surface area contributed by atoms with Gasteiger partial charge in [-0.1, -0.05) is 19.1 Å². The van der Waals surface area contributed by atoms with Crippen LogP contribution in [0, 0.1) is 12.8 Å². The molecule has 0 bridgehead atoms. The highest BCUT2D eigenvalue weighted by molar-refractivity contribution is 5.89. The number of likely N-dealkylation sites (tertiary alicyclic amines) is 2. The molecule has 1 atom stereocenters. The third-order valence-electron chi connectivity index (χ3n) is 5.95. The summed E-state index contributed by atoms with van der Waals surface area (Å²) in [5, 5.41) is 2.97. The summed E-state index contributed by atoms with van der Waals surface area (Å²) in [6, 6.07) is 7.73. The first-order valence-corrected chi connectivity index (χ1v) is 11.1. The summed E-state index contributed by atoms with van der Waals surface area (Å²) in [5.74, 6) is 0.297. The smallest absolute Gasteiger partial charge is 0.321 e. The Hall–Kier alpha value is -2.08. The second kappa shape index (κ2) is 10.6. The second-order valence-corrected chi connectivity index (χ2v) is 8.31. The lowest BCUT2D eigenvalue weighted by Gasteiger charge is -2.34. The van der Waals surface area contributed by atoms with Crippen molar-refractivity contribution in [3.63, 3.8) is 0 Å². The van der Waals surface area contributed by atoms with Crippen LogP contribution >= 0.6 is 0 Å². The van der Waals surface area contributed by atoms with Crippen molar-refractivity contribution in [3.8, 4) is 0 Å². The molecule has 1 aromatic carbocycles. The van der Waals surface area contributed by atoms with Crippen molar-refractivity contribution in [1.29, 1.82) is 0 Å². The maximum atomic E-state index is 13.0. The number of piperidine rings is 1. The molecule has 2 aliphatic rings. The molecule has 2 aliphatic heterocycles. The number of nitrogens with one attached hydrogen (secondary N) is 1. The Kier molecular flexibility index (Phi) is 7.92. The van der Waals surface area contributed by atoms with Crippen LogP contribution in [0.5, 0.6) is 0 Å². The molecule has 0 aliphatic carbocycles. The third-order valence-corrected chi connectivity index (χ3v) is 5.95. The minimum Gasteiger partial charge on any atom is -0.378 e. The monoisotopic (exact) mass is 401 g/mol. The van der Waals surface area contributed by atoms with Crippen LogP contribution in [-0.4, -0.2) is 60.6 Å². The Morgan fingerprint density at radius 3 is 2.55 bits per heavy atom. The average Bonchev–Trinajstić information content (AvgIpc) is 2.97. The van der Waals surface area contributed by atoms with Crippen LogP contribution in [0.1, 0.15) is 51.0 Å². The Bertz CT molecular complexity index is 686. The van der Waals surface area contributed by atoms with E-state index >= 15 is 0 Å². The van der Waals surface area contributed by atoms with E-state index in [0.717, 1.165) is 69.5 Å². The molecule has 2 fully saturated rings. The van der Waals surface area contributed by atoms with E-state index < -0.39 is 0 Å². The largest absolute Gasteiger partial charge is 0.378 e. The van der Waals surface area contributed by atoms with Crippen molar-refractivity contribution in [3.05, 3.63) is 29.8 Å². The Morgan fingerprint density at radius 2 is 1.83 bits per heavy atom. The molecule has 1 aromatic rings. The maximum Gasteiger partial charge on any atom is 0.321 e. The molecule has 3 rings (SSSR count). The lowest BCUT2D eigenvalue weighted by molar-refractivity contribution is -0.136. The Balaban J connectivity index is 1.45. The number of urea groups is 1. The molecule has 2 saturated heterocycles. The van der Waals surface area contributed by atoms with Gasteiger partial charge in [0.25, 0.3) is 0 Å². The maximum absolute atomic E-state index is 13.0. The summed E-state index contributed by atoms with van der Waals surface area (Å²) in [4.78, 5) is 29.4. The lowest BCUT2D eigenvalue weighted by atomic mass is 9.95. The standard InChI is InChI=1S/C23H35N3O3/c1-3-16-29-21-8-5-12-25(15-11-21)22(27)19-9-13-26(14-10-19)23(28)24-20-7-4-6-18(2)17-20/h4,6-7,17,19,21H,3,5,8-16H2,1-2H3,(H,24,28). The number of rotatable bonds is 5. The molecule has 1 N–H and O–H groups in total. The number of amides is 3. The molecule has 1 unspecified atom stereocenters. The predicted molar refractivity (Wildman–Crippen MR) is 115 cm³/mol. The van der Waals surface area contributed by atoms with Crippen molar-refractivity contribution in [1.82, 2.24) is 9.80 Å². The summed E-state index contributed by atoms with van der Waals surface area (Å²) in [6.45, 7) is 7.82. The number of benzene rings is 1. The van der Waals surface area contributed by atoms with Gasteiger partial charge in [-0.15, -0.1) is 0 Å². The van der Waals surface area contributed by atoms with Crippen LogP contribution in [-0.2, 0) is 9.53 Å². The van der Waals surface area contributed by atoms with E-state index in [1.807, 2.05) is 41.0 Å². The van der Waals surface area contributed by atoms with Gasteiger partial charge in [-0.2, -0.15) is 0 Å². The molecule has 2 heterocycles. The Labute approximate surface area is 174 Å². The molecule has 6 nitrogen and oxygen atoms in total. The minimum atomic E-state index is -0.0767. The van der Waals surface area contributed by atoms with Crippen molar-refractivity contribution in [2.24, 2.45) is 5.92 Å². The van der Waals surface area contributed by atoms with E-state index in [-0.39, 0.29) is 17.9 Å². The van der Waals surface area contributed by atoms with Gasteiger partial charge in [0.1, 0.15) is 0 Å². The van der Waals surface area contributed by atoms with Crippen molar-refractivity contribution >= 4 is 17.6 Å². The normalized spacial score (nSPS) is 21.0. The highest BCUT2D eigenvalue weighted by Crippen LogP contribution is 2.23. The first-order chi connectivity index (χ1) is 14.1. The van der Waals surface area contributed by atoms with E-state index in [4.69, 9.17) is 4.74 Å². The number of hydrogen-bond acceptors (Lipinski definition) is 3. The minimum absolute atomic E-state index is 0.0335. The zero-order chi connectivity index (χ0) is 20.6. The van der Waals surface area contributed by atoms with Crippen LogP contribution < -0.4 is 5.32 Å². The number of nitrogens with zero attached hydrogens (tertiary/aromatic N) is 2. The van der Waals surface area contributed by atoms with Crippen molar-refractivity contribution < 1.29 is 14.3 Å². The van der Waals surface area contributed by atoms with E-state index in [1.54, 1.807) is 0 Å². The second-order valence-electron chi connectivity index (χ2n) is 8.31. The number of anilines is 1. The van der Waals surface area contributed by atoms with E-state index in [2.05, 4.69) is 12.2 Å². The van der Waals surface area contributed by atoms with Crippen molar-refractivity contribution in [2.75, 3.05) is 38.1 Å². The van der Waals surface area contributed by atoms with Gasteiger partial charge in [-0.3, -0.25) is 4.79 Å². The zero-order valence-electron chi connectivity index (χ0n) is 17.9. The molecule has 0 radical (unpaired) electrons. The zero-order valence-corrected chi connectivity index (χ0v) is 17.9. The van der Waals surface area contributed by atoms with Gasteiger partial charge < -0.3 is 19.9 Å². The molecular formula is C23H35N3O3. The van der Waals surface area contributed by atoms with Crippen LogP contribution in [0.3, 0.4) is 0 Å². The van der Waals surface area contributed by atoms with E-state index in [9.17, 15) is 9.59 Å². The summed E-state index contributed by atoms with van der Waals surface area (Å²) in [7, 11) is 0. The number of aryl methyl sites for hydroxylation is 1. The van der Waals surface area contributed by atoms with Crippen LogP contribution in [0.25, 0.3) is 0 Å². The fourth-order valence-electron chi connectivity index (χ4n) is 4.25. The van der Waals surface area contributed by atoms with Crippen molar-refractivity contribution in [2.45, 2.75) is 58.5 Å². The molecule has 29 heavy (non-hydrogen) atoms. The average molecular weight is 402 g/mol. The highest BCUT2D eigenvalue weighted by Gasteiger charge is 2.31. The molecular weight excluding hydrogens is 366 g/mol. The topological polar surface area (TPSA) is 61.9 Å². The molecule has 6 heteroatoms.